The summed E-state index contributed by atoms with van der Waals surface area (Å²) in [7, 11) is 1.38. The number of rotatable bonds is 7. The summed E-state index contributed by atoms with van der Waals surface area (Å²) in [4.78, 5) is 26.8. The molecule has 8 heteroatoms. The van der Waals surface area contributed by atoms with Gasteiger partial charge in [-0.05, 0) is 57.1 Å². The Bertz CT molecular complexity index is 821. The maximum Gasteiger partial charge on any atom is 0.337 e. The number of hydrogen-bond donors (Lipinski definition) is 2. The van der Waals surface area contributed by atoms with E-state index in [1.807, 2.05) is 30.9 Å². The minimum Gasteiger partial charge on any atom is -0.466 e. The Balaban J connectivity index is 2.38. The van der Waals surface area contributed by atoms with Gasteiger partial charge in [0.1, 0.15) is 0 Å². The number of alkyl halides is 1. The smallest absolute Gasteiger partial charge is 0.337 e. The van der Waals surface area contributed by atoms with E-state index in [1.165, 1.54) is 7.11 Å². The van der Waals surface area contributed by atoms with Gasteiger partial charge in [-0.15, -0.1) is 11.6 Å². The van der Waals surface area contributed by atoms with E-state index in [0.29, 0.717) is 29.3 Å². The van der Waals surface area contributed by atoms with Crippen molar-refractivity contribution in [1.82, 2.24) is 10.2 Å². The normalized spacial score (nSPS) is 17.1. The molecule has 29 heavy (non-hydrogen) atoms. The number of esters is 1. The molecule has 2 N–H and O–H groups in total. The van der Waals surface area contributed by atoms with Crippen LogP contribution in [0.1, 0.15) is 45.7 Å². The van der Waals surface area contributed by atoms with Gasteiger partial charge in [0.2, 0.25) is 5.91 Å². The highest BCUT2D eigenvalue weighted by Gasteiger charge is 2.35. The molecule has 1 aromatic rings. The lowest BCUT2D eigenvalue weighted by molar-refractivity contribution is -0.136. The predicted octanol–water partition coefficient (Wildman–Crippen LogP) is 3.98. The van der Waals surface area contributed by atoms with Gasteiger partial charge in [0.25, 0.3) is 0 Å². The number of methoxy groups -OCH3 is 1. The molecule has 0 radical (unpaired) electrons. The third-order valence-corrected chi connectivity index (χ3v) is 5.95. The molecular formula is C21H28ClN3O3S. The maximum absolute atomic E-state index is 12.6. The van der Waals surface area contributed by atoms with E-state index in [1.54, 1.807) is 26.0 Å². The number of carbonyl (C=O) groups is 2. The summed E-state index contributed by atoms with van der Waals surface area (Å²) in [6.45, 7) is 8.21. The van der Waals surface area contributed by atoms with Crippen molar-refractivity contribution < 1.29 is 14.3 Å². The van der Waals surface area contributed by atoms with Crippen LogP contribution < -0.4 is 10.6 Å². The van der Waals surface area contributed by atoms with E-state index in [-0.39, 0.29) is 17.8 Å². The molecule has 6 nitrogen and oxygen atoms in total. The zero-order valence-electron chi connectivity index (χ0n) is 17.5. The average Bonchev–Trinajstić information content (AvgIpc) is 2.72. The molecular weight excluding hydrogens is 410 g/mol. The van der Waals surface area contributed by atoms with E-state index in [2.05, 4.69) is 10.6 Å². The van der Waals surface area contributed by atoms with Crippen molar-refractivity contribution in [2.45, 2.75) is 40.2 Å². The molecule has 1 amide bonds. The van der Waals surface area contributed by atoms with Crippen LogP contribution in [0.15, 0.2) is 35.5 Å². The minimum atomic E-state index is -0.669. The van der Waals surface area contributed by atoms with Crippen molar-refractivity contribution in [2.75, 3.05) is 24.9 Å². The summed E-state index contributed by atoms with van der Waals surface area (Å²) in [5.74, 6) is -0.317. The number of halogens is 1. The van der Waals surface area contributed by atoms with Crippen LogP contribution in [0.2, 0.25) is 0 Å². The number of thiocarbonyl (C=S) groups is 1. The van der Waals surface area contributed by atoms with Crippen molar-refractivity contribution in [1.29, 1.82) is 0 Å². The maximum atomic E-state index is 12.6. The highest BCUT2D eigenvalue weighted by Crippen LogP contribution is 2.33. The summed E-state index contributed by atoms with van der Waals surface area (Å²) in [6.07, 6.45) is 0.651. The second-order valence-corrected chi connectivity index (χ2v) is 8.08. The second-order valence-electron chi connectivity index (χ2n) is 7.43. The summed E-state index contributed by atoms with van der Waals surface area (Å²) < 4.78 is 5.05. The molecule has 158 valence electrons. The standard InChI is InChI=1S/C21H28ClN3O3S/c1-6-15-16(18(26)28-5)17(24-20(29)25(15)7-2)13-8-10-14(11-9-13)23-19(27)21(3,4)12-22/h8-11,17H,6-7,12H2,1-5H3,(H,23,27)(H,24,29). The van der Waals surface area contributed by atoms with E-state index in [0.717, 1.165) is 11.3 Å². The van der Waals surface area contributed by atoms with Gasteiger partial charge in [-0.1, -0.05) is 19.1 Å². The van der Waals surface area contributed by atoms with Gasteiger partial charge in [-0.2, -0.15) is 0 Å². The lowest BCUT2D eigenvalue weighted by atomic mass is 9.93. The number of benzene rings is 1. The van der Waals surface area contributed by atoms with Crippen molar-refractivity contribution in [2.24, 2.45) is 5.41 Å². The number of nitrogens with zero attached hydrogens (tertiary/aromatic N) is 1. The molecule has 0 saturated carbocycles. The van der Waals surface area contributed by atoms with Gasteiger partial charge in [0.15, 0.2) is 5.11 Å². The quantitative estimate of drug-likeness (QED) is 0.382. The summed E-state index contributed by atoms with van der Waals surface area (Å²) in [5.41, 5.74) is 2.24. The Morgan fingerprint density at radius 2 is 1.90 bits per heavy atom. The lowest BCUT2D eigenvalue weighted by Crippen LogP contribution is -2.48. The highest BCUT2D eigenvalue weighted by molar-refractivity contribution is 7.80. The molecule has 1 aliphatic rings. The number of hydrogen-bond acceptors (Lipinski definition) is 4. The third kappa shape index (κ3) is 4.90. The van der Waals surface area contributed by atoms with Crippen molar-refractivity contribution in [3.8, 4) is 0 Å². The Kier molecular flexibility index (Phi) is 7.66. The SMILES string of the molecule is CCC1=C(C(=O)OC)C(c2ccc(NC(=O)C(C)(C)CCl)cc2)NC(=S)N1CC. The Labute approximate surface area is 182 Å². The molecule has 0 fully saturated rings. The number of nitrogens with one attached hydrogen (secondary N) is 2. The van der Waals surface area contributed by atoms with E-state index >= 15 is 0 Å². The fourth-order valence-electron chi connectivity index (χ4n) is 3.14. The Morgan fingerprint density at radius 3 is 2.38 bits per heavy atom. The Hall–Kier alpha value is -2.12. The van der Waals surface area contributed by atoms with Crippen LogP contribution in [0.25, 0.3) is 0 Å². The fraction of sp³-hybridized carbons (Fsp3) is 0.476. The number of allylic oxidation sites excluding steroid dienone is 1. The molecule has 2 rings (SSSR count). The number of amides is 1. The molecule has 0 bridgehead atoms. The van der Waals surface area contributed by atoms with E-state index < -0.39 is 11.5 Å². The molecule has 1 atom stereocenters. The number of ether oxygens (including phenoxy) is 1. The lowest BCUT2D eigenvalue weighted by Gasteiger charge is -2.38. The van der Waals surface area contributed by atoms with Crippen LogP contribution in [0.5, 0.6) is 0 Å². The van der Waals surface area contributed by atoms with Crippen molar-refractivity contribution in [3.63, 3.8) is 0 Å². The zero-order valence-corrected chi connectivity index (χ0v) is 19.0. The van der Waals surface area contributed by atoms with Gasteiger partial charge in [0.05, 0.1) is 24.1 Å². The summed E-state index contributed by atoms with van der Waals surface area (Å²) in [6, 6.07) is 6.91. The molecule has 1 unspecified atom stereocenters. The average molecular weight is 438 g/mol. The first-order valence-corrected chi connectivity index (χ1v) is 10.5. The Morgan fingerprint density at radius 1 is 1.28 bits per heavy atom. The summed E-state index contributed by atoms with van der Waals surface area (Å²) in [5, 5.41) is 6.70. The van der Waals surface area contributed by atoms with E-state index in [9.17, 15) is 9.59 Å². The molecule has 0 aromatic heterocycles. The molecule has 0 saturated heterocycles. The highest BCUT2D eigenvalue weighted by atomic mass is 35.5. The first-order chi connectivity index (χ1) is 13.7. The molecule has 1 aromatic carbocycles. The largest absolute Gasteiger partial charge is 0.466 e. The molecule has 0 aliphatic carbocycles. The fourth-order valence-corrected chi connectivity index (χ4v) is 3.62. The van der Waals surface area contributed by atoms with Crippen LogP contribution in [-0.4, -0.2) is 41.4 Å². The minimum absolute atomic E-state index is 0.153. The van der Waals surface area contributed by atoms with Crippen LogP contribution in [0.3, 0.4) is 0 Å². The zero-order chi connectivity index (χ0) is 21.8. The van der Waals surface area contributed by atoms with Crippen LogP contribution >= 0.6 is 23.8 Å². The van der Waals surface area contributed by atoms with Gasteiger partial charge in [-0.3, -0.25) is 4.79 Å². The molecule has 1 heterocycles. The second kappa shape index (κ2) is 9.59. The molecule has 0 spiro atoms. The molecule has 1 aliphatic heterocycles. The van der Waals surface area contributed by atoms with Gasteiger partial charge >= 0.3 is 5.97 Å². The monoisotopic (exact) mass is 437 g/mol. The number of anilines is 1. The van der Waals surface area contributed by atoms with Gasteiger partial charge in [-0.25, -0.2) is 4.79 Å². The first-order valence-electron chi connectivity index (χ1n) is 9.56. The number of carbonyl (C=O) groups excluding carboxylic acids is 2. The predicted molar refractivity (Wildman–Crippen MR) is 120 cm³/mol. The van der Waals surface area contributed by atoms with Crippen LogP contribution in [0, 0.1) is 5.41 Å². The van der Waals surface area contributed by atoms with Gasteiger partial charge in [0, 0.05) is 23.8 Å². The first kappa shape index (κ1) is 23.2. The van der Waals surface area contributed by atoms with Crippen molar-refractivity contribution >= 4 is 46.5 Å². The van der Waals surface area contributed by atoms with Crippen LogP contribution in [-0.2, 0) is 14.3 Å². The summed E-state index contributed by atoms with van der Waals surface area (Å²) >= 11 is 11.4. The third-order valence-electron chi connectivity index (χ3n) is 4.95. The van der Waals surface area contributed by atoms with E-state index in [4.69, 9.17) is 28.6 Å². The van der Waals surface area contributed by atoms with Crippen molar-refractivity contribution in [3.05, 3.63) is 41.1 Å². The van der Waals surface area contributed by atoms with Gasteiger partial charge < -0.3 is 20.3 Å². The van der Waals surface area contributed by atoms with Crippen LogP contribution in [0.4, 0.5) is 5.69 Å². The topological polar surface area (TPSA) is 70.7 Å².